The molecule has 0 bridgehead atoms. The van der Waals surface area contributed by atoms with Gasteiger partial charge in [0.2, 0.25) is 0 Å². The number of ether oxygens (including phenoxy) is 1. The zero-order chi connectivity index (χ0) is 18.2. The number of rotatable bonds is 7. The van der Waals surface area contributed by atoms with Crippen molar-refractivity contribution in [3.63, 3.8) is 0 Å². The van der Waals surface area contributed by atoms with E-state index in [2.05, 4.69) is 59.8 Å². The Bertz CT molecular complexity index is 715. The number of aromatic nitrogens is 1. The lowest BCUT2D eigenvalue weighted by atomic mass is 10.1. The molecule has 1 aromatic heterocycles. The van der Waals surface area contributed by atoms with Crippen LogP contribution in [0.2, 0.25) is 0 Å². The Labute approximate surface area is 177 Å². The van der Waals surface area contributed by atoms with E-state index in [4.69, 9.17) is 4.74 Å². The topological polar surface area (TPSA) is 58.5 Å². The molecule has 0 spiro atoms. The second-order valence-electron chi connectivity index (χ2n) is 6.23. The van der Waals surface area contributed by atoms with Crippen LogP contribution in [-0.2, 0) is 13.1 Å². The predicted molar refractivity (Wildman–Crippen MR) is 121 cm³/mol. The molecule has 0 radical (unpaired) electrons. The van der Waals surface area contributed by atoms with Gasteiger partial charge in [0.15, 0.2) is 5.96 Å². The lowest BCUT2D eigenvalue weighted by Crippen LogP contribution is -2.36. The number of guanidine groups is 1. The van der Waals surface area contributed by atoms with Crippen molar-refractivity contribution < 1.29 is 4.74 Å². The summed E-state index contributed by atoms with van der Waals surface area (Å²) in [4.78, 5) is 9.32. The average Bonchev–Trinajstić information content (AvgIpc) is 3.06. The van der Waals surface area contributed by atoms with Gasteiger partial charge in [0.25, 0.3) is 0 Å². The third kappa shape index (κ3) is 7.11. The fourth-order valence-electron chi connectivity index (χ4n) is 2.38. The fraction of sp³-hybridized carbons (Fsp3) is 0.474. The SMILES string of the molecule is CCNC(=NCc1cc(C)cc(OC)c1)NCc1nc(C(C)C)cs1.I. The smallest absolute Gasteiger partial charge is 0.191 e. The minimum atomic E-state index is 0. The quantitative estimate of drug-likeness (QED) is 0.344. The molecule has 1 aromatic carbocycles. The summed E-state index contributed by atoms with van der Waals surface area (Å²) in [5.74, 6) is 2.12. The van der Waals surface area contributed by atoms with Crippen LogP contribution >= 0.6 is 35.3 Å². The monoisotopic (exact) mass is 488 g/mol. The third-order valence-electron chi connectivity index (χ3n) is 3.68. The van der Waals surface area contributed by atoms with Gasteiger partial charge in [-0.3, -0.25) is 0 Å². The van der Waals surface area contributed by atoms with Crippen LogP contribution in [0.5, 0.6) is 5.75 Å². The number of nitrogens with zero attached hydrogens (tertiary/aromatic N) is 2. The second-order valence-corrected chi connectivity index (χ2v) is 7.17. The van der Waals surface area contributed by atoms with Gasteiger partial charge in [-0.2, -0.15) is 0 Å². The Balaban J connectivity index is 0.00000338. The van der Waals surface area contributed by atoms with Gasteiger partial charge in [0, 0.05) is 11.9 Å². The van der Waals surface area contributed by atoms with Crippen LogP contribution in [-0.4, -0.2) is 24.6 Å². The number of thiazole rings is 1. The van der Waals surface area contributed by atoms with Gasteiger partial charge in [-0.1, -0.05) is 19.9 Å². The molecule has 5 nitrogen and oxygen atoms in total. The zero-order valence-electron chi connectivity index (χ0n) is 16.1. The number of benzene rings is 1. The molecule has 0 aliphatic rings. The maximum atomic E-state index is 5.33. The number of hydrogen-bond acceptors (Lipinski definition) is 4. The highest BCUT2D eigenvalue weighted by molar-refractivity contribution is 14.0. The normalized spacial score (nSPS) is 11.2. The molecule has 0 unspecified atom stereocenters. The maximum absolute atomic E-state index is 5.33. The van der Waals surface area contributed by atoms with Gasteiger partial charge in [0.05, 0.1) is 25.9 Å². The molecule has 0 saturated carbocycles. The number of aliphatic imine (C=N–C) groups is 1. The van der Waals surface area contributed by atoms with Crippen molar-refractivity contribution in [3.05, 3.63) is 45.4 Å². The number of methoxy groups -OCH3 is 1. The van der Waals surface area contributed by atoms with Crippen molar-refractivity contribution in [1.29, 1.82) is 0 Å². The molecule has 7 heteroatoms. The number of hydrogen-bond donors (Lipinski definition) is 2. The van der Waals surface area contributed by atoms with E-state index in [1.807, 2.05) is 12.1 Å². The molecular formula is C19H29IN4OS. The van der Waals surface area contributed by atoms with E-state index < -0.39 is 0 Å². The molecule has 1 heterocycles. The Hall–Kier alpha value is -1.35. The summed E-state index contributed by atoms with van der Waals surface area (Å²) < 4.78 is 5.33. The van der Waals surface area contributed by atoms with Crippen LogP contribution in [0.1, 0.15) is 48.5 Å². The molecule has 2 rings (SSSR count). The van der Waals surface area contributed by atoms with E-state index in [1.54, 1.807) is 18.4 Å². The first-order valence-corrected chi connectivity index (χ1v) is 9.50. The van der Waals surface area contributed by atoms with E-state index >= 15 is 0 Å². The second kappa shape index (κ2) is 11.4. The maximum Gasteiger partial charge on any atom is 0.191 e. The molecule has 2 N–H and O–H groups in total. The van der Waals surface area contributed by atoms with Gasteiger partial charge in [0.1, 0.15) is 10.8 Å². The summed E-state index contributed by atoms with van der Waals surface area (Å²) in [6.45, 7) is 10.5. The molecule has 2 aromatic rings. The minimum absolute atomic E-state index is 0. The first-order chi connectivity index (χ1) is 12.0. The summed E-state index contributed by atoms with van der Waals surface area (Å²) in [7, 11) is 1.69. The Morgan fingerprint density at radius 1 is 1.27 bits per heavy atom. The van der Waals surface area contributed by atoms with Crippen molar-refractivity contribution in [1.82, 2.24) is 15.6 Å². The Morgan fingerprint density at radius 2 is 2.04 bits per heavy atom. The largest absolute Gasteiger partial charge is 0.497 e. The highest BCUT2D eigenvalue weighted by atomic mass is 127. The number of nitrogens with one attached hydrogen (secondary N) is 2. The van der Waals surface area contributed by atoms with Crippen LogP contribution in [0.25, 0.3) is 0 Å². The lowest BCUT2D eigenvalue weighted by molar-refractivity contribution is 0.414. The molecule has 0 saturated heterocycles. The van der Waals surface area contributed by atoms with Gasteiger partial charge < -0.3 is 15.4 Å². The van der Waals surface area contributed by atoms with Gasteiger partial charge in [-0.05, 0) is 43.0 Å². The van der Waals surface area contributed by atoms with Crippen LogP contribution in [0, 0.1) is 6.92 Å². The fourth-order valence-corrected chi connectivity index (χ4v) is 3.27. The minimum Gasteiger partial charge on any atom is -0.497 e. The molecule has 0 atom stereocenters. The lowest BCUT2D eigenvalue weighted by Gasteiger charge is -2.11. The zero-order valence-corrected chi connectivity index (χ0v) is 19.3. The first-order valence-electron chi connectivity index (χ1n) is 8.62. The molecular weight excluding hydrogens is 459 g/mol. The molecule has 0 aliphatic heterocycles. The Morgan fingerprint density at radius 3 is 2.65 bits per heavy atom. The van der Waals surface area contributed by atoms with E-state index in [-0.39, 0.29) is 24.0 Å². The molecule has 0 aliphatic carbocycles. The highest BCUT2D eigenvalue weighted by Gasteiger charge is 2.06. The van der Waals surface area contributed by atoms with E-state index in [1.165, 1.54) is 5.56 Å². The summed E-state index contributed by atoms with van der Waals surface area (Å²) >= 11 is 1.69. The van der Waals surface area contributed by atoms with Crippen molar-refractivity contribution in [2.45, 2.75) is 46.7 Å². The molecule has 26 heavy (non-hydrogen) atoms. The summed E-state index contributed by atoms with van der Waals surface area (Å²) in [6.07, 6.45) is 0. The van der Waals surface area contributed by atoms with Gasteiger partial charge in [-0.15, -0.1) is 35.3 Å². The van der Waals surface area contributed by atoms with Crippen LogP contribution in [0.15, 0.2) is 28.6 Å². The Kier molecular flexibility index (Phi) is 9.93. The molecule has 0 fully saturated rings. The third-order valence-corrected chi connectivity index (χ3v) is 4.55. The highest BCUT2D eigenvalue weighted by Crippen LogP contribution is 2.18. The number of halogens is 1. The van der Waals surface area contributed by atoms with Gasteiger partial charge in [-0.25, -0.2) is 9.98 Å². The van der Waals surface area contributed by atoms with E-state index in [9.17, 15) is 0 Å². The van der Waals surface area contributed by atoms with Crippen LogP contribution < -0.4 is 15.4 Å². The van der Waals surface area contributed by atoms with E-state index in [0.717, 1.165) is 34.5 Å². The van der Waals surface area contributed by atoms with Gasteiger partial charge >= 0.3 is 0 Å². The summed E-state index contributed by atoms with van der Waals surface area (Å²) in [6, 6.07) is 6.17. The average molecular weight is 488 g/mol. The number of aryl methyl sites for hydroxylation is 1. The van der Waals surface area contributed by atoms with Crippen LogP contribution in [0.4, 0.5) is 0 Å². The van der Waals surface area contributed by atoms with Crippen molar-refractivity contribution in [2.24, 2.45) is 4.99 Å². The standard InChI is InChI=1S/C19H28N4OS.HI/c1-6-20-19(22-11-18-23-17(12-25-18)13(2)3)21-10-15-7-14(4)8-16(9-15)24-5;/h7-9,12-13H,6,10-11H2,1-5H3,(H2,20,21,22);1H. The molecule has 0 amide bonds. The van der Waals surface area contributed by atoms with Crippen molar-refractivity contribution in [2.75, 3.05) is 13.7 Å². The summed E-state index contributed by atoms with van der Waals surface area (Å²) in [5.41, 5.74) is 3.45. The van der Waals surface area contributed by atoms with Crippen molar-refractivity contribution in [3.8, 4) is 5.75 Å². The van der Waals surface area contributed by atoms with E-state index in [0.29, 0.717) is 19.0 Å². The first kappa shape index (κ1) is 22.7. The molecule has 144 valence electrons. The summed E-state index contributed by atoms with van der Waals surface area (Å²) in [5, 5.41) is 9.84. The predicted octanol–water partition coefficient (Wildman–Crippen LogP) is 4.46. The van der Waals surface area contributed by atoms with Crippen molar-refractivity contribution >= 4 is 41.3 Å². The van der Waals surface area contributed by atoms with Crippen LogP contribution in [0.3, 0.4) is 0 Å².